The van der Waals surface area contributed by atoms with E-state index in [0.29, 0.717) is 5.92 Å². The van der Waals surface area contributed by atoms with Crippen molar-refractivity contribution in [2.75, 3.05) is 0 Å². The molecule has 0 aliphatic carbocycles. The quantitative estimate of drug-likeness (QED) is 0.723. The molecular formula is C9H14OS. The van der Waals surface area contributed by atoms with Gasteiger partial charge in [-0.25, -0.2) is 0 Å². The Hall–Kier alpha value is -0.340. The Morgan fingerprint density at radius 2 is 2.09 bits per heavy atom. The Balaban J connectivity index is 2.84. The highest BCUT2D eigenvalue weighted by atomic mass is 32.1. The van der Waals surface area contributed by atoms with E-state index in [2.05, 4.69) is 0 Å². The summed E-state index contributed by atoms with van der Waals surface area (Å²) in [5.41, 5.74) is 1.20. The third-order valence-corrected chi connectivity index (χ3v) is 2.89. The molecular weight excluding hydrogens is 156 g/mol. The van der Waals surface area contributed by atoms with Gasteiger partial charge in [-0.1, -0.05) is 13.8 Å². The maximum atomic E-state index is 9.68. The molecule has 0 spiro atoms. The first kappa shape index (κ1) is 8.75. The van der Waals surface area contributed by atoms with Crippen LogP contribution in [0.25, 0.3) is 0 Å². The van der Waals surface area contributed by atoms with Crippen molar-refractivity contribution in [2.24, 2.45) is 5.92 Å². The van der Waals surface area contributed by atoms with E-state index < -0.39 is 0 Å². The van der Waals surface area contributed by atoms with Crippen LogP contribution in [-0.4, -0.2) is 5.11 Å². The molecule has 1 N–H and O–H groups in total. The Morgan fingerprint density at radius 3 is 2.45 bits per heavy atom. The zero-order valence-corrected chi connectivity index (χ0v) is 7.98. The molecule has 0 aliphatic heterocycles. The first-order valence-electron chi connectivity index (χ1n) is 3.85. The average molecular weight is 170 g/mol. The summed E-state index contributed by atoms with van der Waals surface area (Å²) < 4.78 is 0. The molecule has 1 unspecified atom stereocenters. The normalized spacial score (nSPS) is 13.9. The summed E-state index contributed by atoms with van der Waals surface area (Å²) in [5, 5.41) is 11.7. The van der Waals surface area contributed by atoms with Crippen molar-refractivity contribution in [1.82, 2.24) is 0 Å². The fourth-order valence-corrected chi connectivity index (χ4v) is 2.07. The fraction of sp³-hybridized carbons (Fsp3) is 0.556. The predicted octanol–water partition coefficient (Wildman–Crippen LogP) is 2.75. The lowest BCUT2D eigenvalue weighted by Crippen LogP contribution is -2.04. The van der Waals surface area contributed by atoms with Gasteiger partial charge in [-0.3, -0.25) is 0 Å². The molecule has 1 aromatic heterocycles. The predicted molar refractivity (Wildman–Crippen MR) is 48.9 cm³/mol. The lowest BCUT2D eigenvalue weighted by molar-refractivity contribution is 0.130. The summed E-state index contributed by atoms with van der Waals surface area (Å²) in [6, 6.07) is 2.05. The summed E-state index contributed by atoms with van der Waals surface area (Å²) >= 11 is 1.64. The van der Waals surface area contributed by atoms with Crippen molar-refractivity contribution in [3.63, 3.8) is 0 Å². The second-order valence-electron chi connectivity index (χ2n) is 3.16. The maximum absolute atomic E-state index is 9.68. The highest BCUT2D eigenvalue weighted by Gasteiger charge is 2.14. The van der Waals surface area contributed by atoms with Crippen LogP contribution in [0, 0.1) is 12.8 Å². The van der Waals surface area contributed by atoms with Gasteiger partial charge in [-0.05, 0) is 29.9 Å². The van der Waals surface area contributed by atoms with Crippen molar-refractivity contribution < 1.29 is 5.11 Å². The first-order chi connectivity index (χ1) is 5.13. The van der Waals surface area contributed by atoms with Crippen LogP contribution in [0.4, 0.5) is 0 Å². The highest BCUT2D eigenvalue weighted by Crippen LogP contribution is 2.28. The molecule has 1 aromatic rings. The fourth-order valence-electron chi connectivity index (χ4n) is 0.990. The van der Waals surface area contributed by atoms with Crippen LogP contribution in [-0.2, 0) is 0 Å². The van der Waals surface area contributed by atoms with E-state index in [1.165, 1.54) is 5.56 Å². The van der Waals surface area contributed by atoms with Gasteiger partial charge >= 0.3 is 0 Å². The van der Waals surface area contributed by atoms with Gasteiger partial charge in [0, 0.05) is 4.88 Å². The summed E-state index contributed by atoms with van der Waals surface area (Å²) in [5.74, 6) is 0.312. The second-order valence-corrected chi connectivity index (χ2v) is 4.10. The van der Waals surface area contributed by atoms with Crippen molar-refractivity contribution in [2.45, 2.75) is 26.9 Å². The van der Waals surface area contributed by atoms with E-state index in [-0.39, 0.29) is 6.10 Å². The Bertz CT molecular complexity index is 227. The lowest BCUT2D eigenvalue weighted by atomic mass is 10.0. The maximum Gasteiger partial charge on any atom is 0.0907 e. The largest absolute Gasteiger partial charge is 0.387 e. The van der Waals surface area contributed by atoms with E-state index in [1.54, 1.807) is 11.3 Å². The third-order valence-electron chi connectivity index (χ3n) is 1.80. The molecule has 0 saturated heterocycles. The molecule has 0 fully saturated rings. The summed E-state index contributed by atoms with van der Waals surface area (Å²) in [4.78, 5) is 1.11. The molecule has 1 rings (SSSR count). The van der Waals surface area contributed by atoms with E-state index >= 15 is 0 Å². The molecule has 1 atom stereocenters. The van der Waals surface area contributed by atoms with Crippen LogP contribution in [0.1, 0.15) is 30.4 Å². The number of aryl methyl sites for hydroxylation is 1. The molecule has 0 radical (unpaired) electrons. The van der Waals surface area contributed by atoms with E-state index in [1.807, 2.05) is 32.2 Å². The molecule has 0 saturated carbocycles. The lowest BCUT2D eigenvalue weighted by Gasteiger charge is -2.13. The standard InChI is InChI=1S/C9H14OS/c1-6(2)8(10)9-7(3)4-5-11-9/h4-6,8,10H,1-3H3. The minimum Gasteiger partial charge on any atom is -0.387 e. The van der Waals surface area contributed by atoms with Gasteiger partial charge in [-0.15, -0.1) is 11.3 Å². The minimum atomic E-state index is -0.282. The molecule has 0 aliphatic rings. The van der Waals surface area contributed by atoms with Gasteiger partial charge in [0.05, 0.1) is 6.10 Å². The molecule has 0 aromatic carbocycles. The van der Waals surface area contributed by atoms with Crippen LogP contribution in [0.15, 0.2) is 11.4 Å². The van der Waals surface area contributed by atoms with Crippen LogP contribution in [0.2, 0.25) is 0 Å². The van der Waals surface area contributed by atoms with E-state index in [4.69, 9.17) is 0 Å². The monoisotopic (exact) mass is 170 g/mol. The highest BCUT2D eigenvalue weighted by molar-refractivity contribution is 7.10. The zero-order chi connectivity index (χ0) is 8.43. The van der Waals surface area contributed by atoms with Gasteiger partial charge in [0.2, 0.25) is 0 Å². The summed E-state index contributed by atoms with van der Waals surface area (Å²) in [7, 11) is 0. The Morgan fingerprint density at radius 1 is 1.45 bits per heavy atom. The van der Waals surface area contributed by atoms with Gasteiger partial charge in [0.15, 0.2) is 0 Å². The summed E-state index contributed by atoms with van der Waals surface area (Å²) in [6.45, 7) is 6.10. The molecule has 2 heteroatoms. The van der Waals surface area contributed by atoms with E-state index in [0.717, 1.165) is 4.88 Å². The molecule has 0 amide bonds. The summed E-state index contributed by atoms with van der Waals surface area (Å²) in [6.07, 6.45) is -0.282. The van der Waals surface area contributed by atoms with Gasteiger partial charge < -0.3 is 5.11 Å². The van der Waals surface area contributed by atoms with Gasteiger partial charge in [0.25, 0.3) is 0 Å². The second kappa shape index (κ2) is 3.37. The number of aliphatic hydroxyl groups is 1. The van der Waals surface area contributed by atoms with Crippen molar-refractivity contribution in [1.29, 1.82) is 0 Å². The Labute approximate surface area is 71.7 Å². The van der Waals surface area contributed by atoms with Crippen molar-refractivity contribution in [3.05, 3.63) is 21.9 Å². The average Bonchev–Trinajstić information content (AvgIpc) is 2.33. The van der Waals surface area contributed by atoms with E-state index in [9.17, 15) is 5.11 Å². The minimum absolute atomic E-state index is 0.282. The van der Waals surface area contributed by atoms with Crippen LogP contribution in [0.5, 0.6) is 0 Å². The first-order valence-corrected chi connectivity index (χ1v) is 4.73. The van der Waals surface area contributed by atoms with Crippen molar-refractivity contribution >= 4 is 11.3 Å². The molecule has 11 heavy (non-hydrogen) atoms. The number of thiophene rings is 1. The molecule has 1 heterocycles. The number of rotatable bonds is 2. The SMILES string of the molecule is Cc1ccsc1C(O)C(C)C. The van der Waals surface area contributed by atoms with Gasteiger partial charge in [-0.2, -0.15) is 0 Å². The third kappa shape index (κ3) is 1.82. The molecule has 0 bridgehead atoms. The van der Waals surface area contributed by atoms with Gasteiger partial charge in [0.1, 0.15) is 0 Å². The number of hydrogen-bond acceptors (Lipinski definition) is 2. The topological polar surface area (TPSA) is 20.2 Å². The number of aliphatic hydroxyl groups excluding tert-OH is 1. The molecule has 62 valence electrons. The van der Waals surface area contributed by atoms with Crippen LogP contribution in [0.3, 0.4) is 0 Å². The zero-order valence-electron chi connectivity index (χ0n) is 7.16. The van der Waals surface area contributed by atoms with Crippen LogP contribution < -0.4 is 0 Å². The Kier molecular flexibility index (Phi) is 2.68. The van der Waals surface area contributed by atoms with Crippen LogP contribution >= 0.6 is 11.3 Å². The smallest absolute Gasteiger partial charge is 0.0907 e. The number of hydrogen-bond donors (Lipinski definition) is 1. The van der Waals surface area contributed by atoms with Crippen molar-refractivity contribution in [3.8, 4) is 0 Å². The molecule has 1 nitrogen and oxygen atoms in total.